The number of methoxy groups -OCH3 is 1. The molecule has 1 N–H and O–H groups in total. The third kappa shape index (κ3) is 3.61. The van der Waals surface area contributed by atoms with Gasteiger partial charge in [0.15, 0.2) is 0 Å². The van der Waals surface area contributed by atoms with Crippen molar-refractivity contribution in [3.05, 3.63) is 47.9 Å². The summed E-state index contributed by atoms with van der Waals surface area (Å²) in [5.41, 5.74) is 0.686. The van der Waals surface area contributed by atoms with Crippen molar-refractivity contribution in [1.29, 1.82) is 0 Å². The molecular weight excluding hydrogens is 242 g/mol. The topological polar surface area (TPSA) is 51.5 Å². The minimum absolute atomic E-state index is 0.0569. The second kappa shape index (κ2) is 6.09. The van der Waals surface area contributed by atoms with Gasteiger partial charge in [0.1, 0.15) is 17.3 Å². The molecule has 0 saturated heterocycles. The number of carbonyl (C=O) groups is 1. The number of anilines is 1. The Morgan fingerprint density at radius 3 is 2.74 bits per heavy atom. The maximum absolute atomic E-state index is 11.9. The van der Waals surface area contributed by atoms with Crippen molar-refractivity contribution < 1.29 is 13.9 Å². The van der Waals surface area contributed by atoms with Gasteiger partial charge in [-0.15, -0.1) is 0 Å². The lowest BCUT2D eigenvalue weighted by atomic mass is 10.2. The van der Waals surface area contributed by atoms with Crippen LogP contribution in [-0.4, -0.2) is 13.0 Å². The first-order valence-corrected chi connectivity index (χ1v) is 6.17. The SMILES string of the molecule is COc1ccccc1NC(=O)CCc1ccc(C)o1. The van der Waals surface area contributed by atoms with Gasteiger partial charge in [0.05, 0.1) is 12.8 Å². The highest BCUT2D eigenvalue weighted by atomic mass is 16.5. The molecule has 100 valence electrons. The fourth-order valence-corrected chi connectivity index (χ4v) is 1.82. The average Bonchev–Trinajstić information content (AvgIpc) is 2.83. The van der Waals surface area contributed by atoms with Gasteiger partial charge in [-0.05, 0) is 31.2 Å². The highest BCUT2D eigenvalue weighted by Gasteiger charge is 2.08. The quantitative estimate of drug-likeness (QED) is 0.897. The number of hydrogen-bond donors (Lipinski definition) is 1. The Morgan fingerprint density at radius 2 is 2.05 bits per heavy atom. The van der Waals surface area contributed by atoms with Crippen LogP contribution in [0.15, 0.2) is 40.8 Å². The second-order valence-corrected chi connectivity index (χ2v) is 4.26. The molecule has 0 atom stereocenters. The van der Waals surface area contributed by atoms with Gasteiger partial charge in [0.2, 0.25) is 5.91 Å². The molecule has 2 aromatic rings. The fourth-order valence-electron chi connectivity index (χ4n) is 1.82. The van der Waals surface area contributed by atoms with Crippen molar-refractivity contribution in [2.75, 3.05) is 12.4 Å². The van der Waals surface area contributed by atoms with Crippen molar-refractivity contribution in [3.8, 4) is 5.75 Å². The highest BCUT2D eigenvalue weighted by molar-refractivity contribution is 5.92. The first kappa shape index (κ1) is 13.2. The summed E-state index contributed by atoms with van der Waals surface area (Å²) in [5.74, 6) is 2.29. The van der Waals surface area contributed by atoms with E-state index in [9.17, 15) is 4.79 Å². The van der Waals surface area contributed by atoms with E-state index in [1.165, 1.54) is 0 Å². The monoisotopic (exact) mass is 259 g/mol. The summed E-state index contributed by atoms with van der Waals surface area (Å²) in [6, 6.07) is 11.1. The molecule has 4 heteroatoms. The summed E-state index contributed by atoms with van der Waals surface area (Å²) in [5, 5.41) is 2.83. The molecule has 4 nitrogen and oxygen atoms in total. The van der Waals surface area contributed by atoms with E-state index in [1.54, 1.807) is 7.11 Å². The van der Waals surface area contributed by atoms with Gasteiger partial charge in [-0.2, -0.15) is 0 Å². The molecular formula is C15H17NO3. The van der Waals surface area contributed by atoms with E-state index in [0.29, 0.717) is 24.3 Å². The van der Waals surface area contributed by atoms with Crippen molar-refractivity contribution in [3.63, 3.8) is 0 Å². The Labute approximate surface area is 112 Å². The van der Waals surface area contributed by atoms with Gasteiger partial charge < -0.3 is 14.5 Å². The van der Waals surface area contributed by atoms with E-state index >= 15 is 0 Å². The zero-order valence-electron chi connectivity index (χ0n) is 11.1. The fraction of sp³-hybridized carbons (Fsp3) is 0.267. The number of furan rings is 1. The maximum atomic E-state index is 11.9. The number of amides is 1. The van der Waals surface area contributed by atoms with Gasteiger partial charge in [-0.3, -0.25) is 4.79 Å². The molecule has 1 heterocycles. The van der Waals surface area contributed by atoms with Crippen molar-refractivity contribution in [2.24, 2.45) is 0 Å². The van der Waals surface area contributed by atoms with Crippen LogP contribution >= 0.6 is 0 Å². The molecule has 1 aromatic carbocycles. The van der Waals surface area contributed by atoms with Crippen LogP contribution in [0.5, 0.6) is 5.75 Å². The lowest BCUT2D eigenvalue weighted by molar-refractivity contribution is -0.116. The normalized spacial score (nSPS) is 10.2. The molecule has 0 aliphatic heterocycles. The zero-order valence-corrected chi connectivity index (χ0v) is 11.1. The molecule has 0 bridgehead atoms. The smallest absolute Gasteiger partial charge is 0.224 e. The zero-order chi connectivity index (χ0) is 13.7. The molecule has 1 aromatic heterocycles. The lowest BCUT2D eigenvalue weighted by Crippen LogP contribution is -2.12. The van der Waals surface area contributed by atoms with Gasteiger partial charge in [-0.1, -0.05) is 12.1 Å². The first-order chi connectivity index (χ1) is 9.19. The number of aryl methyl sites for hydroxylation is 2. The molecule has 0 saturated carbocycles. The average molecular weight is 259 g/mol. The molecule has 0 spiro atoms. The van der Waals surface area contributed by atoms with Gasteiger partial charge >= 0.3 is 0 Å². The molecule has 19 heavy (non-hydrogen) atoms. The van der Waals surface area contributed by atoms with E-state index < -0.39 is 0 Å². The summed E-state index contributed by atoms with van der Waals surface area (Å²) < 4.78 is 10.6. The number of para-hydroxylation sites is 2. The first-order valence-electron chi connectivity index (χ1n) is 6.17. The molecule has 2 rings (SSSR count). The van der Waals surface area contributed by atoms with E-state index in [1.807, 2.05) is 43.3 Å². The minimum Gasteiger partial charge on any atom is -0.495 e. The number of hydrogen-bond acceptors (Lipinski definition) is 3. The molecule has 0 fully saturated rings. The second-order valence-electron chi connectivity index (χ2n) is 4.26. The standard InChI is InChI=1S/C15H17NO3/c1-11-7-8-12(19-11)9-10-15(17)16-13-5-3-4-6-14(13)18-2/h3-8H,9-10H2,1-2H3,(H,16,17). The Hall–Kier alpha value is -2.23. The van der Waals surface area contributed by atoms with E-state index in [4.69, 9.17) is 9.15 Å². The molecule has 1 amide bonds. The number of carbonyl (C=O) groups excluding carboxylic acids is 1. The van der Waals surface area contributed by atoms with E-state index in [-0.39, 0.29) is 5.91 Å². The number of ether oxygens (including phenoxy) is 1. The number of benzene rings is 1. The summed E-state index contributed by atoms with van der Waals surface area (Å²) >= 11 is 0. The largest absolute Gasteiger partial charge is 0.495 e. The number of rotatable bonds is 5. The molecule has 0 unspecified atom stereocenters. The van der Waals surface area contributed by atoms with Gasteiger partial charge in [-0.25, -0.2) is 0 Å². The van der Waals surface area contributed by atoms with Crippen LogP contribution in [0.25, 0.3) is 0 Å². The summed E-state index contributed by atoms with van der Waals surface area (Å²) in [6.07, 6.45) is 0.972. The summed E-state index contributed by atoms with van der Waals surface area (Å²) in [4.78, 5) is 11.9. The van der Waals surface area contributed by atoms with Crippen LogP contribution in [0.1, 0.15) is 17.9 Å². The predicted molar refractivity (Wildman–Crippen MR) is 73.4 cm³/mol. The molecule has 0 aliphatic carbocycles. The van der Waals surface area contributed by atoms with Crippen molar-refractivity contribution in [1.82, 2.24) is 0 Å². The summed E-state index contributed by atoms with van der Waals surface area (Å²) in [7, 11) is 1.58. The van der Waals surface area contributed by atoms with Crippen molar-refractivity contribution in [2.45, 2.75) is 19.8 Å². The third-order valence-corrected chi connectivity index (χ3v) is 2.78. The Bertz CT molecular complexity index is 560. The van der Waals surface area contributed by atoms with Crippen LogP contribution < -0.4 is 10.1 Å². The van der Waals surface area contributed by atoms with Crippen LogP contribution in [0.2, 0.25) is 0 Å². The van der Waals surface area contributed by atoms with Gasteiger partial charge in [0, 0.05) is 12.8 Å². The maximum Gasteiger partial charge on any atom is 0.224 e. The van der Waals surface area contributed by atoms with Crippen LogP contribution in [0.3, 0.4) is 0 Å². The Morgan fingerprint density at radius 1 is 1.26 bits per heavy atom. The van der Waals surface area contributed by atoms with Crippen LogP contribution in [-0.2, 0) is 11.2 Å². The molecule has 0 radical (unpaired) electrons. The van der Waals surface area contributed by atoms with Gasteiger partial charge in [0.25, 0.3) is 0 Å². The summed E-state index contributed by atoms with van der Waals surface area (Å²) in [6.45, 7) is 1.89. The van der Waals surface area contributed by atoms with E-state index in [2.05, 4.69) is 5.32 Å². The Kier molecular flexibility index (Phi) is 4.23. The third-order valence-electron chi connectivity index (χ3n) is 2.78. The molecule has 0 aliphatic rings. The predicted octanol–water partition coefficient (Wildman–Crippen LogP) is 3.17. The van der Waals surface area contributed by atoms with E-state index in [0.717, 1.165) is 11.5 Å². The van der Waals surface area contributed by atoms with Crippen LogP contribution in [0.4, 0.5) is 5.69 Å². The van der Waals surface area contributed by atoms with Crippen molar-refractivity contribution >= 4 is 11.6 Å². The lowest BCUT2D eigenvalue weighted by Gasteiger charge is -2.09. The Balaban J connectivity index is 1.90. The number of nitrogens with one attached hydrogen (secondary N) is 1. The minimum atomic E-state index is -0.0569. The highest BCUT2D eigenvalue weighted by Crippen LogP contribution is 2.23. The van der Waals surface area contributed by atoms with Crippen LogP contribution in [0, 0.1) is 6.92 Å².